The third kappa shape index (κ3) is 5.30. The van der Waals surface area contributed by atoms with E-state index in [1.165, 1.54) is 6.08 Å². The van der Waals surface area contributed by atoms with Gasteiger partial charge in [-0.15, -0.1) is 6.58 Å². The number of carbonyl (C=O) groups is 2. The Morgan fingerprint density at radius 1 is 1.00 bits per heavy atom. The van der Waals surface area contributed by atoms with Crippen LogP contribution in [0.15, 0.2) is 12.7 Å². The van der Waals surface area contributed by atoms with E-state index in [0.717, 1.165) is 0 Å². The first-order chi connectivity index (χ1) is 9.23. The van der Waals surface area contributed by atoms with E-state index in [2.05, 4.69) is 6.58 Å². The molecule has 0 aromatic heterocycles. The van der Waals surface area contributed by atoms with Crippen molar-refractivity contribution in [1.29, 1.82) is 0 Å². The molecule has 20 heavy (non-hydrogen) atoms. The van der Waals surface area contributed by atoms with Crippen LogP contribution in [0.3, 0.4) is 0 Å². The number of esters is 2. The maximum Gasteiger partial charge on any atom is 0.354 e. The molecular formula is C14H24O6. The van der Waals surface area contributed by atoms with Crippen molar-refractivity contribution in [2.24, 2.45) is 0 Å². The minimum absolute atomic E-state index is 0.107. The topological polar surface area (TPSA) is 71.1 Å². The molecule has 0 aliphatic heterocycles. The Balaban J connectivity index is 5.37. The summed E-state index contributed by atoms with van der Waals surface area (Å²) in [5.41, 5.74) is -2.69. The molecule has 0 saturated carbocycles. The number of ether oxygens (including phenoxy) is 2. The zero-order chi connectivity index (χ0) is 15.8. The first-order valence-corrected chi connectivity index (χ1v) is 6.55. The van der Waals surface area contributed by atoms with Crippen molar-refractivity contribution in [1.82, 2.24) is 0 Å². The highest BCUT2D eigenvalue weighted by Gasteiger charge is 2.52. The minimum atomic E-state index is -1.99. The molecular weight excluding hydrogens is 264 g/mol. The molecule has 0 aromatic carbocycles. The summed E-state index contributed by atoms with van der Waals surface area (Å²) < 4.78 is 9.80. The van der Waals surface area contributed by atoms with E-state index < -0.39 is 23.1 Å². The molecule has 6 nitrogen and oxygen atoms in total. The summed E-state index contributed by atoms with van der Waals surface area (Å²) in [5.74, 6) is -1.72. The van der Waals surface area contributed by atoms with E-state index in [-0.39, 0.29) is 19.6 Å². The molecule has 0 aliphatic rings. The standard InChI is InChI=1S/C14H24O6/c1-7-10-14(11(15)17-8-2,12(16)18-9-3)20-19-13(4,5)6/h7H,1,8-10H2,2-6H3. The Labute approximate surface area is 120 Å². The fourth-order valence-electron chi connectivity index (χ4n) is 1.25. The highest BCUT2D eigenvalue weighted by Crippen LogP contribution is 2.25. The van der Waals surface area contributed by atoms with Gasteiger partial charge in [-0.05, 0) is 34.6 Å². The Kier molecular flexibility index (Phi) is 7.45. The Morgan fingerprint density at radius 2 is 1.45 bits per heavy atom. The minimum Gasteiger partial charge on any atom is -0.463 e. The van der Waals surface area contributed by atoms with Crippen LogP contribution in [0.5, 0.6) is 0 Å². The summed E-state index contributed by atoms with van der Waals surface area (Å²) in [6.45, 7) is 12.2. The Morgan fingerprint density at radius 3 is 1.75 bits per heavy atom. The average molecular weight is 288 g/mol. The van der Waals surface area contributed by atoms with Gasteiger partial charge in [0, 0.05) is 6.42 Å². The van der Waals surface area contributed by atoms with E-state index in [1.807, 2.05) is 0 Å². The third-order valence-corrected chi connectivity index (χ3v) is 2.08. The monoisotopic (exact) mass is 288 g/mol. The molecule has 0 atom stereocenters. The lowest BCUT2D eigenvalue weighted by Gasteiger charge is -2.30. The lowest BCUT2D eigenvalue weighted by molar-refractivity contribution is -0.390. The largest absolute Gasteiger partial charge is 0.463 e. The Hall–Kier alpha value is -1.40. The first-order valence-electron chi connectivity index (χ1n) is 6.55. The van der Waals surface area contributed by atoms with Crippen LogP contribution in [0.25, 0.3) is 0 Å². The van der Waals surface area contributed by atoms with E-state index in [0.29, 0.717) is 0 Å². The molecule has 0 radical (unpaired) electrons. The summed E-state index contributed by atoms with van der Waals surface area (Å²) in [6.07, 6.45) is 1.26. The summed E-state index contributed by atoms with van der Waals surface area (Å²) >= 11 is 0. The molecule has 0 bridgehead atoms. The van der Waals surface area contributed by atoms with Gasteiger partial charge in [0.05, 0.1) is 18.8 Å². The predicted octanol–water partition coefficient (Wildman–Crippen LogP) is 2.17. The van der Waals surface area contributed by atoms with Gasteiger partial charge >= 0.3 is 11.9 Å². The lowest BCUT2D eigenvalue weighted by Crippen LogP contribution is -2.52. The van der Waals surface area contributed by atoms with Crippen molar-refractivity contribution in [3.8, 4) is 0 Å². The first kappa shape index (κ1) is 18.6. The fraction of sp³-hybridized carbons (Fsp3) is 0.714. The fourth-order valence-corrected chi connectivity index (χ4v) is 1.25. The normalized spacial score (nSPS) is 11.8. The summed E-state index contributed by atoms with van der Waals surface area (Å²) in [6, 6.07) is 0. The molecule has 6 heteroatoms. The summed E-state index contributed by atoms with van der Waals surface area (Å²) in [7, 11) is 0. The summed E-state index contributed by atoms with van der Waals surface area (Å²) in [5, 5.41) is 0. The van der Waals surface area contributed by atoms with Gasteiger partial charge in [0.2, 0.25) is 0 Å². The van der Waals surface area contributed by atoms with E-state index in [1.54, 1.807) is 34.6 Å². The second-order valence-electron chi connectivity index (χ2n) is 5.04. The van der Waals surface area contributed by atoms with Crippen LogP contribution >= 0.6 is 0 Å². The van der Waals surface area contributed by atoms with Crippen LogP contribution in [-0.4, -0.2) is 36.4 Å². The molecule has 0 aromatic rings. The molecule has 0 rings (SSSR count). The predicted molar refractivity (Wildman–Crippen MR) is 72.7 cm³/mol. The number of hydrogen-bond donors (Lipinski definition) is 0. The van der Waals surface area contributed by atoms with Crippen LogP contribution in [0.1, 0.15) is 41.0 Å². The molecule has 0 amide bonds. The van der Waals surface area contributed by atoms with Crippen LogP contribution in [-0.2, 0) is 28.8 Å². The van der Waals surface area contributed by atoms with Gasteiger partial charge in [-0.1, -0.05) is 6.08 Å². The van der Waals surface area contributed by atoms with E-state index in [4.69, 9.17) is 19.2 Å². The van der Waals surface area contributed by atoms with Crippen molar-refractivity contribution in [2.45, 2.75) is 52.2 Å². The summed E-state index contributed by atoms with van der Waals surface area (Å²) in [4.78, 5) is 34.5. The number of rotatable bonds is 8. The zero-order valence-corrected chi connectivity index (χ0v) is 12.9. The number of carbonyl (C=O) groups excluding carboxylic acids is 2. The molecule has 0 unspecified atom stereocenters. The zero-order valence-electron chi connectivity index (χ0n) is 12.9. The molecule has 0 heterocycles. The molecule has 0 spiro atoms. The van der Waals surface area contributed by atoms with Gasteiger partial charge in [0.25, 0.3) is 5.60 Å². The van der Waals surface area contributed by atoms with Gasteiger partial charge in [0.1, 0.15) is 0 Å². The SMILES string of the molecule is C=CCC(OOC(C)(C)C)(C(=O)OCC)C(=O)OCC. The van der Waals surface area contributed by atoms with Crippen LogP contribution < -0.4 is 0 Å². The molecule has 0 N–H and O–H groups in total. The van der Waals surface area contributed by atoms with Crippen LogP contribution in [0.2, 0.25) is 0 Å². The van der Waals surface area contributed by atoms with Crippen molar-refractivity contribution in [3.05, 3.63) is 12.7 Å². The van der Waals surface area contributed by atoms with Gasteiger partial charge in [-0.2, -0.15) is 0 Å². The lowest BCUT2D eigenvalue weighted by atomic mass is 10.00. The molecule has 0 saturated heterocycles. The highest BCUT2D eigenvalue weighted by molar-refractivity contribution is 6.03. The van der Waals surface area contributed by atoms with Crippen LogP contribution in [0, 0.1) is 0 Å². The van der Waals surface area contributed by atoms with Crippen LogP contribution in [0.4, 0.5) is 0 Å². The molecule has 0 aliphatic carbocycles. The van der Waals surface area contributed by atoms with Crippen molar-refractivity contribution >= 4 is 11.9 Å². The van der Waals surface area contributed by atoms with Crippen molar-refractivity contribution in [3.63, 3.8) is 0 Å². The maximum atomic E-state index is 12.1. The van der Waals surface area contributed by atoms with Gasteiger partial charge < -0.3 is 9.47 Å². The molecule has 0 fully saturated rings. The molecule has 116 valence electrons. The maximum absolute atomic E-state index is 12.1. The van der Waals surface area contributed by atoms with E-state index in [9.17, 15) is 9.59 Å². The highest BCUT2D eigenvalue weighted by atomic mass is 17.2. The van der Waals surface area contributed by atoms with Gasteiger partial charge in [0.15, 0.2) is 0 Å². The van der Waals surface area contributed by atoms with Crippen molar-refractivity contribution in [2.75, 3.05) is 13.2 Å². The quantitative estimate of drug-likeness (QED) is 0.224. The smallest absolute Gasteiger partial charge is 0.354 e. The van der Waals surface area contributed by atoms with Gasteiger partial charge in [-0.3, -0.25) is 0 Å². The second kappa shape index (κ2) is 8.01. The second-order valence-corrected chi connectivity index (χ2v) is 5.04. The third-order valence-electron chi connectivity index (χ3n) is 2.08. The van der Waals surface area contributed by atoms with Crippen molar-refractivity contribution < 1.29 is 28.8 Å². The number of hydrogen-bond acceptors (Lipinski definition) is 6. The van der Waals surface area contributed by atoms with E-state index >= 15 is 0 Å². The average Bonchev–Trinajstić information content (AvgIpc) is 2.33. The Bertz CT molecular complexity index is 324. The van der Waals surface area contributed by atoms with Gasteiger partial charge in [-0.25, -0.2) is 19.4 Å².